The Balaban J connectivity index is 2.82. The van der Waals surface area contributed by atoms with Gasteiger partial charge in [0.05, 0.1) is 0 Å². The minimum atomic E-state index is 1.17. The maximum Gasteiger partial charge on any atom is 0.0396 e. The summed E-state index contributed by atoms with van der Waals surface area (Å²) < 4.78 is 0. The van der Waals surface area contributed by atoms with E-state index in [1.165, 1.54) is 49.2 Å². The smallest absolute Gasteiger partial charge is 0.0396 e. The molecule has 0 aliphatic carbocycles. The van der Waals surface area contributed by atoms with Crippen LogP contribution >= 0.6 is 0 Å². The van der Waals surface area contributed by atoms with Gasteiger partial charge in [0.1, 0.15) is 0 Å². The molecule has 0 bridgehead atoms. The van der Waals surface area contributed by atoms with Gasteiger partial charge in [0.15, 0.2) is 0 Å². The Kier molecular flexibility index (Phi) is 5.37. The number of rotatable bonds is 6. The lowest BCUT2D eigenvalue weighted by Crippen LogP contribution is -2.25. The molecule has 1 heteroatoms. The van der Waals surface area contributed by atoms with Gasteiger partial charge in [-0.25, -0.2) is 0 Å². The molecule has 0 amide bonds. The largest absolute Gasteiger partial charge is 0.371 e. The van der Waals surface area contributed by atoms with Gasteiger partial charge in [-0.05, 0) is 38.3 Å². The number of benzene rings is 1. The maximum atomic E-state index is 2.53. The van der Waals surface area contributed by atoms with Crippen LogP contribution in [-0.4, -0.2) is 13.1 Å². The summed E-state index contributed by atoms with van der Waals surface area (Å²) in [6, 6.07) is 6.77. The van der Waals surface area contributed by atoms with Gasteiger partial charge in [-0.2, -0.15) is 0 Å². The maximum absolute atomic E-state index is 2.53. The molecule has 0 spiro atoms. The van der Waals surface area contributed by atoms with E-state index in [0.29, 0.717) is 0 Å². The molecule has 1 rings (SSSR count). The van der Waals surface area contributed by atoms with Crippen molar-refractivity contribution >= 4 is 5.69 Å². The van der Waals surface area contributed by atoms with Crippen molar-refractivity contribution in [2.45, 2.75) is 47.0 Å². The van der Waals surface area contributed by atoms with E-state index in [4.69, 9.17) is 0 Å². The first-order valence-electron chi connectivity index (χ1n) is 6.51. The lowest BCUT2D eigenvalue weighted by Gasteiger charge is -2.26. The SMILES string of the molecule is CCCCN(CCC)c1ccc(C)cc1C. The van der Waals surface area contributed by atoms with Gasteiger partial charge in [0.25, 0.3) is 0 Å². The van der Waals surface area contributed by atoms with Gasteiger partial charge in [-0.1, -0.05) is 38.0 Å². The second-order valence-corrected chi connectivity index (χ2v) is 4.63. The molecule has 0 N–H and O–H groups in total. The number of anilines is 1. The van der Waals surface area contributed by atoms with Crippen LogP contribution in [0.5, 0.6) is 0 Å². The second kappa shape index (κ2) is 6.57. The lowest BCUT2D eigenvalue weighted by molar-refractivity contribution is 0.702. The first-order valence-corrected chi connectivity index (χ1v) is 6.51. The Morgan fingerprint density at radius 1 is 1.00 bits per heavy atom. The number of nitrogens with zero attached hydrogens (tertiary/aromatic N) is 1. The Labute approximate surface area is 100 Å². The Morgan fingerprint density at radius 2 is 1.75 bits per heavy atom. The van der Waals surface area contributed by atoms with E-state index in [1.54, 1.807) is 0 Å². The summed E-state index contributed by atoms with van der Waals surface area (Å²) in [4.78, 5) is 2.53. The topological polar surface area (TPSA) is 3.24 Å². The zero-order valence-electron chi connectivity index (χ0n) is 11.2. The third-order valence-corrected chi connectivity index (χ3v) is 2.97. The predicted octanol–water partition coefficient (Wildman–Crippen LogP) is 4.32. The summed E-state index contributed by atoms with van der Waals surface area (Å²) in [6.45, 7) is 11.2. The standard InChI is InChI=1S/C15H25N/c1-5-7-11-16(10-6-2)15-9-8-13(3)12-14(15)4/h8-9,12H,5-7,10-11H2,1-4H3. The molecule has 0 aliphatic rings. The third kappa shape index (κ3) is 3.55. The first kappa shape index (κ1) is 13.1. The predicted molar refractivity (Wildman–Crippen MR) is 73.3 cm³/mol. The molecule has 0 heterocycles. The molecule has 0 aromatic heterocycles. The van der Waals surface area contributed by atoms with E-state index < -0.39 is 0 Å². The number of hydrogen-bond donors (Lipinski definition) is 0. The lowest BCUT2D eigenvalue weighted by atomic mass is 10.1. The van der Waals surface area contributed by atoms with Crippen LogP contribution in [0.3, 0.4) is 0 Å². The fourth-order valence-electron chi connectivity index (χ4n) is 2.13. The fraction of sp³-hybridized carbons (Fsp3) is 0.600. The number of aryl methyl sites for hydroxylation is 2. The molecule has 16 heavy (non-hydrogen) atoms. The minimum absolute atomic E-state index is 1.17. The normalized spacial score (nSPS) is 10.5. The van der Waals surface area contributed by atoms with Crippen molar-refractivity contribution in [3.63, 3.8) is 0 Å². The molecule has 0 saturated carbocycles. The van der Waals surface area contributed by atoms with E-state index in [9.17, 15) is 0 Å². The Morgan fingerprint density at radius 3 is 2.31 bits per heavy atom. The molecule has 0 atom stereocenters. The highest BCUT2D eigenvalue weighted by Gasteiger charge is 2.07. The van der Waals surface area contributed by atoms with Crippen LogP contribution in [0.1, 0.15) is 44.2 Å². The van der Waals surface area contributed by atoms with E-state index >= 15 is 0 Å². The van der Waals surface area contributed by atoms with Gasteiger partial charge in [0.2, 0.25) is 0 Å². The van der Waals surface area contributed by atoms with Gasteiger partial charge in [0, 0.05) is 18.8 Å². The van der Waals surface area contributed by atoms with Crippen molar-refractivity contribution in [2.24, 2.45) is 0 Å². The van der Waals surface area contributed by atoms with E-state index in [2.05, 4.69) is 50.8 Å². The molecule has 0 saturated heterocycles. The highest BCUT2D eigenvalue weighted by atomic mass is 15.1. The van der Waals surface area contributed by atoms with E-state index in [-0.39, 0.29) is 0 Å². The third-order valence-electron chi connectivity index (χ3n) is 2.97. The molecule has 0 unspecified atom stereocenters. The second-order valence-electron chi connectivity index (χ2n) is 4.63. The number of hydrogen-bond acceptors (Lipinski definition) is 1. The molecule has 90 valence electrons. The Hall–Kier alpha value is -0.980. The molecule has 0 fully saturated rings. The van der Waals surface area contributed by atoms with Crippen molar-refractivity contribution in [3.05, 3.63) is 29.3 Å². The quantitative estimate of drug-likeness (QED) is 0.688. The van der Waals surface area contributed by atoms with Gasteiger partial charge >= 0.3 is 0 Å². The molecular formula is C15H25N. The number of unbranched alkanes of at least 4 members (excludes halogenated alkanes) is 1. The summed E-state index contributed by atoms with van der Waals surface area (Å²) >= 11 is 0. The monoisotopic (exact) mass is 219 g/mol. The van der Waals surface area contributed by atoms with Crippen LogP contribution in [0.15, 0.2) is 18.2 Å². The first-order chi connectivity index (χ1) is 7.69. The van der Waals surface area contributed by atoms with Crippen LogP contribution in [0.4, 0.5) is 5.69 Å². The molecule has 1 nitrogen and oxygen atoms in total. The average molecular weight is 219 g/mol. The molecular weight excluding hydrogens is 194 g/mol. The summed E-state index contributed by atoms with van der Waals surface area (Å²) in [5.41, 5.74) is 4.18. The highest BCUT2D eigenvalue weighted by Crippen LogP contribution is 2.21. The van der Waals surface area contributed by atoms with Gasteiger partial charge < -0.3 is 4.90 Å². The summed E-state index contributed by atoms with van der Waals surface area (Å²) in [5.74, 6) is 0. The van der Waals surface area contributed by atoms with Crippen LogP contribution in [0.2, 0.25) is 0 Å². The zero-order valence-corrected chi connectivity index (χ0v) is 11.2. The molecule has 0 aliphatic heterocycles. The van der Waals surface area contributed by atoms with Crippen molar-refractivity contribution in [2.75, 3.05) is 18.0 Å². The van der Waals surface area contributed by atoms with Crippen LogP contribution in [0.25, 0.3) is 0 Å². The van der Waals surface area contributed by atoms with Crippen LogP contribution in [0, 0.1) is 13.8 Å². The van der Waals surface area contributed by atoms with Crippen molar-refractivity contribution in [3.8, 4) is 0 Å². The van der Waals surface area contributed by atoms with Crippen LogP contribution < -0.4 is 4.90 Å². The highest BCUT2D eigenvalue weighted by molar-refractivity contribution is 5.54. The Bertz CT molecular complexity index is 317. The van der Waals surface area contributed by atoms with Crippen molar-refractivity contribution in [1.82, 2.24) is 0 Å². The van der Waals surface area contributed by atoms with Crippen molar-refractivity contribution < 1.29 is 0 Å². The molecule has 1 aromatic carbocycles. The van der Waals surface area contributed by atoms with Gasteiger partial charge in [-0.3, -0.25) is 0 Å². The van der Waals surface area contributed by atoms with Gasteiger partial charge in [-0.15, -0.1) is 0 Å². The minimum Gasteiger partial charge on any atom is -0.371 e. The van der Waals surface area contributed by atoms with Crippen LogP contribution in [-0.2, 0) is 0 Å². The summed E-state index contributed by atoms with van der Waals surface area (Å²) in [6.07, 6.45) is 3.77. The molecule has 1 aromatic rings. The molecule has 0 radical (unpaired) electrons. The summed E-state index contributed by atoms with van der Waals surface area (Å²) in [7, 11) is 0. The van der Waals surface area contributed by atoms with E-state index in [0.717, 1.165) is 0 Å². The van der Waals surface area contributed by atoms with E-state index in [1.807, 2.05) is 0 Å². The fourth-order valence-corrected chi connectivity index (χ4v) is 2.13. The average Bonchev–Trinajstić information content (AvgIpc) is 2.25. The summed E-state index contributed by atoms with van der Waals surface area (Å²) in [5, 5.41) is 0. The zero-order chi connectivity index (χ0) is 12.0. The van der Waals surface area contributed by atoms with Crippen molar-refractivity contribution in [1.29, 1.82) is 0 Å².